The second-order valence-electron chi connectivity index (χ2n) is 8.91. The Morgan fingerprint density at radius 3 is 2.38 bits per heavy atom. The summed E-state index contributed by atoms with van der Waals surface area (Å²) in [4.78, 5) is 27.3. The first-order valence-electron chi connectivity index (χ1n) is 10.3. The molecular formula is C22H26ClN3O3. The zero-order valence-corrected chi connectivity index (χ0v) is 17.2. The standard InChI is InChI=1S/C22H26ClN3O3/c23-18-3-2-17(9-19(18)25)21(28)29-13-20(27)26(5-1-4-24)22-10-14-6-15(11-22)8-16(7-14)12-22/h2-3,9,14-16H,1,5-8,10-13,25H2. The van der Waals surface area contributed by atoms with Gasteiger partial charge in [-0.15, -0.1) is 0 Å². The Balaban J connectivity index is 1.46. The summed E-state index contributed by atoms with van der Waals surface area (Å²) in [6.07, 6.45) is 7.13. The van der Waals surface area contributed by atoms with Crippen molar-refractivity contribution < 1.29 is 14.3 Å². The number of carbonyl (C=O) groups is 2. The average molecular weight is 416 g/mol. The number of esters is 1. The number of hydrogen-bond acceptors (Lipinski definition) is 5. The first-order valence-corrected chi connectivity index (χ1v) is 10.7. The summed E-state index contributed by atoms with van der Waals surface area (Å²) in [7, 11) is 0. The molecule has 4 bridgehead atoms. The Morgan fingerprint density at radius 2 is 1.83 bits per heavy atom. The summed E-state index contributed by atoms with van der Waals surface area (Å²) in [5.41, 5.74) is 6.13. The van der Waals surface area contributed by atoms with E-state index in [1.165, 1.54) is 37.5 Å². The fourth-order valence-corrected chi connectivity index (χ4v) is 6.26. The van der Waals surface area contributed by atoms with Gasteiger partial charge in [-0.25, -0.2) is 4.79 Å². The molecule has 4 fully saturated rings. The van der Waals surface area contributed by atoms with Crippen molar-refractivity contribution in [1.82, 2.24) is 4.90 Å². The number of hydrogen-bond donors (Lipinski definition) is 1. The zero-order chi connectivity index (χ0) is 20.6. The molecule has 29 heavy (non-hydrogen) atoms. The number of nitrogens with two attached hydrogens (primary N) is 1. The molecule has 1 aromatic rings. The predicted octanol–water partition coefficient (Wildman–Crippen LogP) is 3.79. The van der Waals surface area contributed by atoms with Crippen molar-refractivity contribution >= 4 is 29.2 Å². The Labute approximate surface area is 175 Å². The van der Waals surface area contributed by atoms with Crippen molar-refractivity contribution in [3.8, 4) is 6.07 Å². The largest absolute Gasteiger partial charge is 0.452 e. The van der Waals surface area contributed by atoms with Crippen LogP contribution in [-0.4, -0.2) is 35.5 Å². The lowest BCUT2D eigenvalue weighted by Crippen LogP contribution is -2.62. The highest BCUT2D eigenvalue weighted by molar-refractivity contribution is 6.33. The molecule has 0 saturated heterocycles. The van der Waals surface area contributed by atoms with Gasteiger partial charge in [-0.3, -0.25) is 4.79 Å². The highest BCUT2D eigenvalue weighted by Crippen LogP contribution is 2.57. The Hall–Kier alpha value is -2.26. The van der Waals surface area contributed by atoms with E-state index in [0.29, 0.717) is 29.3 Å². The van der Waals surface area contributed by atoms with Crippen molar-refractivity contribution in [3.63, 3.8) is 0 Å². The molecule has 0 atom stereocenters. The van der Waals surface area contributed by atoms with Crippen LogP contribution in [0.1, 0.15) is 55.3 Å². The fourth-order valence-electron chi connectivity index (χ4n) is 6.14. The Kier molecular flexibility index (Phi) is 5.44. The van der Waals surface area contributed by atoms with E-state index >= 15 is 0 Å². The molecule has 0 radical (unpaired) electrons. The summed E-state index contributed by atoms with van der Waals surface area (Å²) in [6, 6.07) is 6.66. The Bertz CT molecular complexity index is 828. The van der Waals surface area contributed by atoms with E-state index in [9.17, 15) is 9.59 Å². The van der Waals surface area contributed by atoms with Gasteiger partial charge in [-0.2, -0.15) is 5.26 Å². The number of nitrogen functional groups attached to an aromatic ring is 1. The average Bonchev–Trinajstić information content (AvgIpc) is 2.67. The third-order valence-electron chi connectivity index (χ3n) is 6.89. The van der Waals surface area contributed by atoms with E-state index in [0.717, 1.165) is 19.3 Å². The van der Waals surface area contributed by atoms with E-state index in [4.69, 9.17) is 27.3 Å². The van der Waals surface area contributed by atoms with Gasteiger partial charge in [0.05, 0.1) is 28.8 Å². The van der Waals surface area contributed by atoms with Crippen molar-refractivity contribution in [2.75, 3.05) is 18.9 Å². The van der Waals surface area contributed by atoms with Gasteiger partial charge < -0.3 is 15.4 Å². The second kappa shape index (κ2) is 7.87. The van der Waals surface area contributed by atoms with Gasteiger partial charge in [-0.05, 0) is 74.5 Å². The third kappa shape index (κ3) is 3.93. The molecule has 0 spiro atoms. The van der Waals surface area contributed by atoms with Crippen LogP contribution in [0.4, 0.5) is 5.69 Å². The minimum absolute atomic E-state index is 0.167. The van der Waals surface area contributed by atoms with Crippen LogP contribution in [0.3, 0.4) is 0 Å². The maximum absolute atomic E-state index is 13.1. The Morgan fingerprint density at radius 1 is 1.21 bits per heavy atom. The molecule has 5 rings (SSSR count). The van der Waals surface area contributed by atoms with E-state index in [1.54, 1.807) is 0 Å². The summed E-state index contributed by atoms with van der Waals surface area (Å²) < 4.78 is 5.30. The predicted molar refractivity (Wildman–Crippen MR) is 109 cm³/mol. The van der Waals surface area contributed by atoms with Gasteiger partial charge in [0.2, 0.25) is 0 Å². The van der Waals surface area contributed by atoms with Crippen LogP contribution in [0.2, 0.25) is 5.02 Å². The highest BCUT2D eigenvalue weighted by atomic mass is 35.5. The number of rotatable bonds is 6. The van der Waals surface area contributed by atoms with Gasteiger partial charge >= 0.3 is 5.97 Å². The topological polar surface area (TPSA) is 96.4 Å². The number of nitriles is 1. The minimum atomic E-state index is -0.604. The van der Waals surface area contributed by atoms with Gasteiger partial charge in [-0.1, -0.05) is 11.6 Å². The molecule has 0 aromatic heterocycles. The number of carbonyl (C=O) groups excluding carboxylic acids is 2. The lowest BCUT2D eigenvalue weighted by atomic mass is 9.52. The van der Waals surface area contributed by atoms with Gasteiger partial charge in [0.1, 0.15) is 0 Å². The SMILES string of the molecule is N#CCCN(C(=O)COC(=O)c1ccc(Cl)c(N)c1)C12CC3CC(CC(C3)C1)C2. The van der Waals surface area contributed by atoms with Crippen LogP contribution in [0.25, 0.3) is 0 Å². The third-order valence-corrected chi connectivity index (χ3v) is 7.23. The van der Waals surface area contributed by atoms with E-state index < -0.39 is 5.97 Å². The van der Waals surface area contributed by atoms with Gasteiger partial charge in [0, 0.05) is 12.1 Å². The van der Waals surface area contributed by atoms with Crippen LogP contribution in [-0.2, 0) is 9.53 Å². The van der Waals surface area contributed by atoms with Crippen molar-refractivity contribution in [1.29, 1.82) is 5.26 Å². The fraction of sp³-hybridized carbons (Fsp3) is 0.591. The first kappa shape index (κ1) is 20.0. The highest BCUT2D eigenvalue weighted by Gasteiger charge is 2.54. The number of anilines is 1. The molecule has 1 aromatic carbocycles. The molecule has 2 N–H and O–H groups in total. The zero-order valence-electron chi connectivity index (χ0n) is 16.4. The van der Waals surface area contributed by atoms with E-state index in [1.807, 2.05) is 4.90 Å². The quantitative estimate of drug-likeness (QED) is 0.563. The summed E-state index contributed by atoms with van der Waals surface area (Å²) in [5, 5.41) is 9.46. The molecule has 1 amide bonds. The second-order valence-corrected chi connectivity index (χ2v) is 9.32. The maximum Gasteiger partial charge on any atom is 0.338 e. The van der Waals surface area contributed by atoms with Crippen molar-refractivity contribution in [2.24, 2.45) is 17.8 Å². The number of benzene rings is 1. The molecule has 7 heteroatoms. The molecule has 0 aliphatic heterocycles. The van der Waals surface area contributed by atoms with Gasteiger partial charge in [0.25, 0.3) is 5.91 Å². The lowest BCUT2D eigenvalue weighted by molar-refractivity contribution is -0.153. The van der Waals surface area contributed by atoms with Crippen LogP contribution in [0.15, 0.2) is 18.2 Å². The van der Waals surface area contributed by atoms with E-state index in [2.05, 4.69) is 6.07 Å². The molecule has 0 unspecified atom stereocenters. The minimum Gasteiger partial charge on any atom is -0.452 e. The first-order chi connectivity index (χ1) is 13.9. The normalized spacial score (nSPS) is 29.3. The molecule has 0 heterocycles. The summed E-state index contributed by atoms with van der Waals surface area (Å²) in [6.45, 7) is 0.0709. The molecule has 4 aliphatic carbocycles. The summed E-state index contributed by atoms with van der Waals surface area (Å²) >= 11 is 5.89. The molecule has 6 nitrogen and oxygen atoms in total. The van der Waals surface area contributed by atoms with Crippen LogP contribution < -0.4 is 5.73 Å². The molecule has 4 saturated carbocycles. The monoisotopic (exact) mass is 415 g/mol. The smallest absolute Gasteiger partial charge is 0.338 e. The maximum atomic E-state index is 13.1. The van der Waals surface area contributed by atoms with E-state index in [-0.39, 0.29) is 35.7 Å². The molecular weight excluding hydrogens is 390 g/mol. The van der Waals surface area contributed by atoms with Crippen LogP contribution in [0, 0.1) is 29.1 Å². The van der Waals surface area contributed by atoms with Gasteiger partial charge in [0.15, 0.2) is 6.61 Å². The number of ether oxygens (including phenoxy) is 1. The van der Waals surface area contributed by atoms with Crippen molar-refractivity contribution in [3.05, 3.63) is 28.8 Å². The van der Waals surface area contributed by atoms with Crippen LogP contribution in [0.5, 0.6) is 0 Å². The number of halogens is 1. The lowest BCUT2D eigenvalue weighted by Gasteiger charge is -2.60. The number of nitrogens with zero attached hydrogens (tertiary/aromatic N) is 2. The molecule has 4 aliphatic rings. The number of amides is 1. The van der Waals surface area contributed by atoms with Crippen LogP contribution >= 0.6 is 11.6 Å². The molecule has 154 valence electrons. The van der Waals surface area contributed by atoms with Crippen molar-refractivity contribution in [2.45, 2.75) is 50.5 Å². The summed E-state index contributed by atoms with van der Waals surface area (Å²) in [5.74, 6) is 1.22.